The van der Waals surface area contributed by atoms with Gasteiger partial charge in [0, 0.05) is 11.1 Å². The Morgan fingerprint density at radius 1 is 1.42 bits per heavy atom. The van der Waals surface area contributed by atoms with Crippen LogP contribution < -0.4 is 0 Å². The molecule has 0 amide bonds. The minimum Gasteiger partial charge on any atom is -0.481 e. The van der Waals surface area contributed by atoms with Crippen molar-refractivity contribution in [3.8, 4) is 0 Å². The van der Waals surface area contributed by atoms with Crippen molar-refractivity contribution in [2.24, 2.45) is 5.92 Å². The standard InChI is InChI=1S/C15H18ClNO2/c1-8(2)11(7-13(18)19)14-9(3)17-15-10(14)5-4-6-12(15)16/h4-6,8,11,17H,7H2,1-3H3,(H,18,19). The van der Waals surface area contributed by atoms with Crippen molar-refractivity contribution in [3.05, 3.63) is 34.5 Å². The number of rotatable bonds is 4. The number of carboxylic acids is 1. The summed E-state index contributed by atoms with van der Waals surface area (Å²) in [5.41, 5.74) is 2.98. The minimum absolute atomic E-state index is 0.00952. The van der Waals surface area contributed by atoms with Crippen molar-refractivity contribution < 1.29 is 9.90 Å². The van der Waals surface area contributed by atoms with Crippen LogP contribution >= 0.6 is 11.6 Å². The molecule has 2 aromatic rings. The van der Waals surface area contributed by atoms with E-state index in [-0.39, 0.29) is 18.3 Å². The number of aryl methyl sites for hydroxylation is 1. The van der Waals surface area contributed by atoms with Crippen LogP contribution in [0.1, 0.15) is 37.4 Å². The third-order valence-electron chi connectivity index (χ3n) is 3.59. The second-order valence-corrected chi connectivity index (χ2v) is 5.68. The summed E-state index contributed by atoms with van der Waals surface area (Å²) in [5, 5.41) is 10.8. The molecule has 0 radical (unpaired) electrons. The summed E-state index contributed by atoms with van der Waals surface area (Å²) in [6.07, 6.45) is 0.137. The number of hydrogen-bond acceptors (Lipinski definition) is 1. The van der Waals surface area contributed by atoms with E-state index >= 15 is 0 Å². The zero-order chi connectivity index (χ0) is 14.2. The number of para-hydroxylation sites is 1. The highest BCUT2D eigenvalue weighted by atomic mass is 35.5. The first-order valence-corrected chi connectivity index (χ1v) is 6.78. The first kappa shape index (κ1) is 13.9. The largest absolute Gasteiger partial charge is 0.481 e. The second kappa shape index (κ2) is 5.25. The van der Waals surface area contributed by atoms with E-state index in [0.717, 1.165) is 22.2 Å². The number of aromatic amines is 1. The Balaban J connectivity index is 2.62. The van der Waals surface area contributed by atoms with Gasteiger partial charge in [-0.3, -0.25) is 4.79 Å². The molecule has 0 aliphatic heterocycles. The van der Waals surface area contributed by atoms with E-state index in [1.807, 2.05) is 25.1 Å². The summed E-state index contributed by atoms with van der Waals surface area (Å²) in [4.78, 5) is 14.4. The molecular weight excluding hydrogens is 262 g/mol. The number of fused-ring (bicyclic) bond motifs is 1. The topological polar surface area (TPSA) is 53.1 Å². The van der Waals surface area contributed by atoms with Crippen LogP contribution in [0.25, 0.3) is 10.9 Å². The van der Waals surface area contributed by atoms with Crippen LogP contribution in [-0.2, 0) is 4.79 Å². The Hall–Kier alpha value is -1.48. The Labute approximate surface area is 117 Å². The summed E-state index contributed by atoms with van der Waals surface area (Å²) < 4.78 is 0. The summed E-state index contributed by atoms with van der Waals surface area (Å²) in [5.74, 6) is -0.521. The van der Waals surface area contributed by atoms with Gasteiger partial charge in [-0.2, -0.15) is 0 Å². The lowest BCUT2D eigenvalue weighted by Gasteiger charge is -2.19. The number of aliphatic carboxylic acids is 1. The van der Waals surface area contributed by atoms with Gasteiger partial charge < -0.3 is 10.1 Å². The molecule has 0 bridgehead atoms. The number of aromatic nitrogens is 1. The van der Waals surface area contributed by atoms with Crippen LogP contribution in [-0.4, -0.2) is 16.1 Å². The number of carboxylic acid groups (broad SMARTS) is 1. The number of halogens is 1. The van der Waals surface area contributed by atoms with Gasteiger partial charge in [0.1, 0.15) is 0 Å². The van der Waals surface area contributed by atoms with Crippen LogP contribution in [0, 0.1) is 12.8 Å². The minimum atomic E-state index is -0.769. The molecular formula is C15H18ClNO2. The molecule has 1 aromatic heterocycles. The highest BCUT2D eigenvalue weighted by molar-refractivity contribution is 6.35. The first-order valence-electron chi connectivity index (χ1n) is 6.40. The molecule has 2 N–H and O–H groups in total. The van der Waals surface area contributed by atoms with E-state index in [1.165, 1.54) is 0 Å². The lowest BCUT2D eigenvalue weighted by atomic mass is 9.84. The maximum Gasteiger partial charge on any atom is 0.303 e. The van der Waals surface area contributed by atoms with E-state index < -0.39 is 5.97 Å². The molecule has 0 fully saturated rings. The molecule has 4 heteroatoms. The third-order valence-corrected chi connectivity index (χ3v) is 3.91. The van der Waals surface area contributed by atoms with Gasteiger partial charge in [0.2, 0.25) is 0 Å². The average Bonchev–Trinajstić information content (AvgIpc) is 2.64. The average molecular weight is 280 g/mol. The fourth-order valence-corrected chi connectivity index (χ4v) is 2.89. The molecule has 1 heterocycles. The first-order chi connectivity index (χ1) is 8.91. The van der Waals surface area contributed by atoms with E-state index in [2.05, 4.69) is 18.8 Å². The molecule has 0 aliphatic rings. The van der Waals surface area contributed by atoms with E-state index in [1.54, 1.807) is 0 Å². The number of hydrogen-bond donors (Lipinski definition) is 2. The molecule has 0 saturated heterocycles. The van der Waals surface area contributed by atoms with Crippen molar-refractivity contribution in [2.75, 3.05) is 0 Å². The molecule has 1 atom stereocenters. The second-order valence-electron chi connectivity index (χ2n) is 5.27. The Bertz CT molecular complexity index is 616. The van der Waals surface area contributed by atoms with Crippen LogP contribution in [0.15, 0.2) is 18.2 Å². The monoisotopic (exact) mass is 279 g/mol. The maximum absolute atomic E-state index is 11.1. The summed E-state index contributed by atoms with van der Waals surface area (Å²) in [6.45, 7) is 6.08. The molecule has 0 aliphatic carbocycles. The molecule has 19 heavy (non-hydrogen) atoms. The normalized spacial score (nSPS) is 13.1. The molecule has 2 rings (SSSR count). The van der Waals surface area contributed by atoms with Gasteiger partial charge in [0.25, 0.3) is 0 Å². The lowest BCUT2D eigenvalue weighted by molar-refractivity contribution is -0.137. The zero-order valence-electron chi connectivity index (χ0n) is 11.3. The Morgan fingerprint density at radius 2 is 2.11 bits per heavy atom. The Kier molecular flexibility index (Phi) is 3.85. The van der Waals surface area contributed by atoms with Crippen LogP contribution in [0.4, 0.5) is 0 Å². The molecule has 1 aromatic carbocycles. The van der Waals surface area contributed by atoms with Crippen molar-refractivity contribution in [1.82, 2.24) is 4.98 Å². The smallest absolute Gasteiger partial charge is 0.303 e. The predicted octanol–water partition coefficient (Wildman–Crippen LogP) is 4.34. The molecule has 3 nitrogen and oxygen atoms in total. The number of carbonyl (C=O) groups is 1. The van der Waals surface area contributed by atoms with Crippen LogP contribution in [0.2, 0.25) is 5.02 Å². The van der Waals surface area contributed by atoms with Crippen molar-refractivity contribution in [3.63, 3.8) is 0 Å². The lowest BCUT2D eigenvalue weighted by Crippen LogP contribution is -2.12. The quantitative estimate of drug-likeness (QED) is 0.874. The van der Waals surface area contributed by atoms with Crippen molar-refractivity contribution >= 4 is 28.5 Å². The van der Waals surface area contributed by atoms with Gasteiger partial charge in [0.15, 0.2) is 0 Å². The molecule has 0 saturated carbocycles. The van der Waals surface area contributed by atoms with Crippen molar-refractivity contribution in [1.29, 1.82) is 0 Å². The van der Waals surface area contributed by atoms with Crippen LogP contribution in [0.3, 0.4) is 0 Å². The zero-order valence-corrected chi connectivity index (χ0v) is 12.1. The summed E-state index contributed by atoms with van der Waals surface area (Å²) in [6, 6.07) is 5.74. The van der Waals surface area contributed by atoms with E-state index in [4.69, 9.17) is 16.7 Å². The number of benzene rings is 1. The number of nitrogens with one attached hydrogen (secondary N) is 1. The highest BCUT2D eigenvalue weighted by Gasteiger charge is 2.24. The number of H-pyrrole nitrogens is 1. The van der Waals surface area contributed by atoms with Crippen molar-refractivity contribution in [2.45, 2.75) is 33.1 Å². The van der Waals surface area contributed by atoms with Gasteiger partial charge in [-0.05, 0) is 30.4 Å². The van der Waals surface area contributed by atoms with E-state index in [0.29, 0.717) is 5.02 Å². The predicted molar refractivity (Wildman–Crippen MR) is 77.9 cm³/mol. The maximum atomic E-state index is 11.1. The van der Waals surface area contributed by atoms with Gasteiger partial charge in [-0.15, -0.1) is 0 Å². The Morgan fingerprint density at radius 3 is 2.68 bits per heavy atom. The molecule has 102 valence electrons. The van der Waals surface area contributed by atoms with Gasteiger partial charge in [-0.25, -0.2) is 0 Å². The highest BCUT2D eigenvalue weighted by Crippen LogP contribution is 2.37. The van der Waals surface area contributed by atoms with Gasteiger partial charge in [0.05, 0.1) is 17.0 Å². The third kappa shape index (κ3) is 2.61. The summed E-state index contributed by atoms with van der Waals surface area (Å²) >= 11 is 6.18. The molecule has 1 unspecified atom stereocenters. The summed E-state index contributed by atoms with van der Waals surface area (Å²) in [7, 11) is 0. The molecule has 0 spiro atoms. The fraction of sp³-hybridized carbons (Fsp3) is 0.400. The van der Waals surface area contributed by atoms with Gasteiger partial charge >= 0.3 is 5.97 Å². The van der Waals surface area contributed by atoms with Gasteiger partial charge in [-0.1, -0.05) is 37.6 Å². The van der Waals surface area contributed by atoms with E-state index in [9.17, 15) is 4.79 Å². The van der Waals surface area contributed by atoms with Crippen LogP contribution in [0.5, 0.6) is 0 Å². The fourth-order valence-electron chi connectivity index (χ4n) is 2.67. The SMILES string of the molecule is Cc1[nH]c2c(Cl)cccc2c1C(CC(=O)O)C(C)C.